The first kappa shape index (κ1) is 13.8. The fourth-order valence-corrected chi connectivity index (χ4v) is 2.11. The summed E-state index contributed by atoms with van der Waals surface area (Å²) in [4.78, 5) is 0. The summed E-state index contributed by atoms with van der Waals surface area (Å²) in [5.74, 6) is 0.571. The topological polar surface area (TPSA) is 53.1 Å². The maximum Gasteiger partial charge on any atom is 0.221 e. The first-order valence-corrected chi connectivity index (χ1v) is 6.26. The standard InChI is InChI=1S/C13H15ClFN3O/c1-8-10(5-6-16)13(18(2)17-8)19-12-4-3-9(15)7-11(12)14/h3-4,7H,5-6,16H2,1-2H3. The molecule has 1 heterocycles. The Labute approximate surface area is 115 Å². The lowest BCUT2D eigenvalue weighted by atomic mass is 10.2. The van der Waals surface area contributed by atoms with Crippen LogP contribution in [-0.4, -0.2) is 16.3 Å². The van der Waals surface area contributed by atoms with Gasteiger partial charge in [-0.1, -0.05) is 11.6 Å². The molecule has 2 N–H and O–H groups in total. The van der Waals surface area contributed by atoms with Crippen LogP contribution in [0.2, 0.25) is 5.02 Å². The van der Waals surface area contributed by atoms with Gasteiger partial charge in [-0.25, -0.2) is 9.07 Å². The smallest absolute Gasteiger partial charge is 0.221 e. The molecular weight excluding hydrogens is 269 g/mol. The molecule has 0 saturated carbocycles. The zero-order valence-electron chi connectivity index (χ0n) is 10.8. The average molecular weight is 284 g/mol. The maximum absolute atomic E-state index is 13.0. The highest BCUT2D eigenvalue weighted by molar-refractivity contribution is 6.32. The summed E-state index contributed by atoms with van der Waals surface area (Å²) in [6, 6.07) is 4.00. The Morgan fingerprint density at radius 2 is 2.21 bits per heavy atom. The van der Waals surface area contributed by atoms with E-state index in [4.69, 9.17) is 22.1 Å². The predicted octanol–water partition coefficient (Wildman–Crippen LogP) is 2.81. The fourth-order valence-electron chi connectivity index (χ4n) is 1.90. The van der Waals surface area contributed by atoms with Crippen molar-refractivity contribution in [3.8, 4) is 11.6 Å². The predicted molar refractivity (Wildman–Crippen MR) is 72.2 cm³/mol. The second-order valence-corrected chi connectivity index (χ2v) is 4.62. The van der Waals surface area contributed by atoms with Gasteiger partial charge in [0.1, 0.15) is 11.6 Å². The Hall–Kier alpha value is -1.59. The van der Waals surface area contributed by atoms with E-state index >= 15 is 0 Å². The minimum absolute atomic E-state index is 0.220. The summed E-state index contributed by atoms with van der Waals surface area (Å²) in [5, 5.41) is 4.51. The summed E-state index contributed by atoms with van der Waals surface area (Å²) in [6.07, 6.45) is 0.661. The molecule has 0 aliphatic rings. The van der Waals surface area contributed by atoms with Crippen molar-refractivity contribution in [1.29, 1.82) is 0 Å². The molecule has 2 rings (SSSR count). The van der Waals surface area contributed by atoms with Crippen LogP contribution in [0.25, 0.3) is 0 Å². The van der Waals surface area contributed by atoms with Crippen LogP contribution in [0.15, 0.2) is 18.2 Å². The summed E-state index contributed by atoms with van der Waals surface area (Å²) in [7, 11) is 1.78. The van der Waals surface area contributed by atoms with Gasteiger partial charge in [-0.15, -0.1) is 0 Å². The minimum Gasteiger partial charge on any atom is -0.437 e. The van der Waals surface area contributed by atoms with Crippen LogP contribution in [0.4, 0.5) is 4.39 Å². The molecule has 19 heavy (non-hydrogen) atoms. The molecule has 0 aliphatic carbocycles. The molecule has 2 aromatic rings. The minimum atomic E-state index is -0.402. The molecule has 0 atom stereocenters. The average Bonchev–Trinajstić information content (AvgIpc) is 2.60. The van der Waals surface area contributed by atoms with Crippen molar-refractivity contribution in [1.82, 2.24) is 9.78 Å². The van der Waals surface area contributed by atoms with E-state index in [9.17, 15) is 4.39 Å². The number of aromatic nitrogens is 2. The van der Waals surface area contributed by atoms with Crippen LogP contribution in [0.3, 0.4) is 0 Å². The Bertz CT molecular complexity index is 598. The van der Waals surface area contributed by atoms with Gasteiger partial charge in [0.2, 0.25) is 5.88 Å². The molecule has 102 valence electrons. The molecule has 0 saturated heterocycles. The summed E-state index contributed by atoms with van der Waals surface area (Å²) >= 11 is 5.95. The first-order chi connectivity index (χ1) is 9.02. The Morgan fingerprint density at radius 1 is 1.47 bits per heavy atom. The van der Waals surface area contributed by atoms with Crippen molar-refractivity contribution >= 4 is 11.6 Å². The Balaban J connectivity index is 2.37. The highest BCUT2D eigenvalue weighted by Crippen LogP contribution is 2.32. The lowest BCUT2D eigenvalue weighted by molar-refractivity contribution is 0.425. The van der Waals surface area contributed by atoms with Crippen LogP contribution in [-0.2, 0) is 13.5 Å². The SMILES string of the molecule is Cc1nn(C)c(Oc2ccc(F)cc2Cl)c1CCN. The number of aryl methyl sites for hydroxylation is 2. The van der Waals surface area contributed by atoms with Gasteiger partial charge in [0, 0.05) is 12.6 Å². The van der Waals surface area contributed by atoms with Crippen molar-refractivity contribution < 1.29 is 9.13 Å². The number of halogens is 2. The largest absolute Gasteiger partial charge is 0.437 e. The van der Waals surface area contributed by atoms with Gasteiger partial charge < -0.3 is 10.5 Å². The number of ether oxygens (including phenoxy) is 1. The molecule has 1 aromatic heterocycles. The van der Waals surface area contributed by atoms with E-state index in [0.717, 1.165) is 11.3 Å². The third-order valence-electron chi connectivity index (χ3n) is 2.78. The third kappa shape index (κ3) is 2.88. The highest BCUT2D eigenvalue weighted by Gasteiger charge is 2.16. The van der Waals surface area contributed by atoms with Gasteiger partial charge in [0.05, 0.1) is 10.7 Å². The van der Waals surface area contributed by atoms with Crippen LogP contribution >= 0.6 is 11.6 Å². The van der Waals surface area contributed by atoms with Crippen molar-refractivity contribution in [2.45, 2.75) is 13.3 Å². The molecule has 0 amide bonds. The van der Waals surface area contributed by atoms with E-state index in [0.29, 0.717) is 24.6 Å². The molecule has 0 bridgehead atoms. The second kappa shape index (κ2) is 5.59. The Kier molecular flexibility index (Phi) is 4.07. The summed E-state index contributed by atoms with van der Waals surface area (Å²) in [6.45, 7) is 2.39. The molecule has 1 aromatic carbocycles. The van der Waals surface area contributed by atoms with Gasteiger partial charge in [-0.05, 0) is 38.1 Å². The highest BCUT2D eigenvalue weighted by atomic mass is 35.5. The second-order valence-electron chi connectivity index (χ2n) is 4.21. The van der Waals surface area contributed by atoms with Crippen LogP contribution in [0.5, 0.6) is 11.6 Å². The van der Waals surface area contributed by atoms with Crippen molar-refractivity contribution in [3.63, 3.8) is 0 Å². The van der Waals surface area contributed by atoms with Gasteiger partial charge in [0.25, 0.3) is 0 Å². The summed E-state index contributed by atoms with van der Waals surface area (Å²) in [5.41, 5.74) is 7.38. The van der Waals surface area contributed by atoms with E-state index in [1.54, 1.807) is 11.7 Å². The Morgan fingerprint density at radius 3 is 2.84 bits per heavy atom. The van der Waals surface area contributed by atoms with E-state index in [-0.39, 0.29) is 5.02 Å². The van der Waals surface area contributed by atoms with E-state index in [1.807, 2.05) is 6.92 Å². The summed E-state index contributed by atoms with van der Waals surface area (Å²) < 4.78 is 20.4. The van der Waals surface area contributed by atoms with Gasteiger partial charge in [0.15, 0.2) is 0 Å². The van der Waals surface area contributed by atoms with Gasteiger partial charge in [-0.2, -0.15) is 5.10 Å². The molecule has 4 nitrogen and oxygen atoms in total. The molecule has 0 spiro atoms. The number of benzene rings is 1. The molecule has 0 fully saturated rings. The quantitative estimate of drug-likeness (QED) is 0.939. The van der Waals surface area contributed by atoms with E-state index in [1.165, 1.54) is 18.2 Å². The number of rotatable bonds is 4. The lowest BCUT2D eigenvalue weighted by Crippen LogP contribution is -2.05. The zero-order valence-corrected chi connectivity index (χ0v) is 11.5. The normalized spacial score (nSPS) is 10.8. The molecule has 0 radical (unpaired) electrons. The fraction of sp³-hybridized carbons (Fsp3) is 0.308. The molecule has 6 heteroatoms. The number of nitrogens with zero attached hydrogens (tertiary/aromatic N) is 2. The molecule has 0 aliphatic heterocycles. The first-order valence-electron chi connectivity index (χ1n) is 5.88. The monoisotopic (exact) mass is 283 g/mol. The lowest BCUT2D eigenvalue weighted by Gasteiger charge is -2.09. The van der Waals surface area contributed by atoms with Crippen molar-refractivity contribution in [2.75, 3.05) is 6.54 Å². The van der Waals surface area contributed by atoms with E-state index < -0.39 is 5.82 Å². The van der Waals surface area contributed by atoms with Crippen LogP contribution < -0.4 is 10.5 Å². The number of hydrogen-bond acceptors (Lipinski definition) is 3. The number of hydrogen-bond donors (Lipinski definition) is 1. The van der Waals surface area contributed by atoms with Crippen LogP contribution in [0.1, 0.15) is 11.3 Å². The molecular formula is C13H15ClFN3O. The van der Waals surface area contributed by atoms with E-state index in [2.05, 4.69) is 5.10 Å². The zero-order chi connectivity index (χ0) is 14.0. The van der Waals surface area contributed by atoms with Crippen molar-refractivity contribution in [3.05, 3.63) is 40.3 Å². The molecule has 0 unspecified atom stereocenters. The van der Waals surface area contributed by atoms with Crippen LogP contribution in [0, 0.1) is 12.7 Å². The maximum atomic E-state index is 13.0. The number of nitrogens with two attached hydrogens (primary N) is 1. The third-order valence-corrected chi connectivity index (χ3v) is 3.08. The van der Waals surface area contributed by atoms with Gasteiger partial charge in [-0.3, -0.25) is 0 Å². The van der Waals surface area contributed by atoms with Gasteiger partial charge >= 0.3 is 0 Å². The van der Waals surface area contributed by atoms with Crippen molar-refractivity contribution in [2.24, 2.45) is 12.8 Å².